The van der Waals surface area contributed by atoms with Crippen molar-refractivity contribution in [1.82, 2.24) is 10.2 Å². The lowest BCUT2D eigenvalue weighted by Crippen LogP contribution is -2.53. The first-order valence-corrected chi connectivity index (χ1v) is 8.43. The van der Waals surface area contributed by atoms with Crippen LogP contribution in [0.25, 0.3) is 0 Å². The number of hydrogen-bond donors (Lipinski definition) is 1. The van der Waals surface area contributed by atoms with E-state index < -0.39 is 0 Å². The zero-order chi connectivity index (χ0) is 15.1. The summed E-state index contributed by atoms with van der Waals surface area (Å²) in [6, 6.07) is 8.44. The third kappa shape index (κ3) is 4.96. The van der Waals surface area contributed by atoms with Crippen LogP contribution >= 0.6 is 11.6 Å². The minimum absolute atomic E-state index is 0.238. The fourth-order valence-electron chi connectivity index (χ4n) is 2.83. The van der Waals surface area contributed by atoms with Crippen molar-refractivity contribution in [1.29, 1.82) is 0 Å². The zero-order valence-corrected chi connectivity index (χ0v) is 13.9. The van der Waals surface area contributed by atoms with Gasteiger partial charge in [0, 0.05) is 24.2 Å². The Hall–Kier alpha value is -0.610. The number of nitrogens with one attached hydrogen (secondary N) is 1. The molecule has 1 fully saturated rings. The normalized spacial score (nSPS) is 21.4. The Morgan fingerprint density at radius 1 is 1.38 bits per heavy atom. The summed E-state index contributed by atoms with van der Waals surface area (Å²) in [7, 11) is 0. The Labute approximate surface area is 133 Å². The molecule has 1 aliphatic heterocycles. The summed E-state index contributed by atoms with van der Waals surface area (Å²) in [5.74, 6) is 0. The van der Waals surface area contributed by atoms with Crippen LogP contribution in [0.5, 0.6) is 0 Å². The zero-order valence-electron chi connectivity index (χ0n) is 13.1. The highest BCUT2D eigenvalue weighted by Gasteiger charge is 2.27. The third-order valence-corrected chi connectivity index (χ3v) is 4.50. The topological polar surface area (TPSA) is 24.5 Å². The summed E-state index contributed by atoms with van der Waals surface area (Å²) in [5, 5.41) is 4.50. The Bertz CT molecular complexity index is 427. The standard InChI is InChI=1S/C17H27ClN2O/c1-3-9-19-16(12-14-7-5-6-8-15(14)18)17-13-20(4-2)10-11-21-17/h5-8,16-17,19H,3-4,9-13H2,1-2H3. The number of nitrogens with zero attached hydrogens (tertiary/aromatic N) is 1. The first-order chi connectivity index (χ1) is 10.2. The summed E-state index contributed by atoms with van der Waals surface area (Å²) in [6.45, 7) is 9.38. The molecule has 1 aromatic rings. The molecule has 1 heterocycles. The van der Waals surface area contributed by atoms with Gasteiger partial charge in [0.25, 0.3) is 0 Å². The maximum absolute atomic E-state index is 6.32. The molecule has 0 saturated carbocycles. The van der Waals surface area contributed by atoms with Crippen LogP contribution in [0.2, 0.25) is 5.02 Å². The van der Waals surface area contributed by atoms with E-state index in [-0.39, 0.29) is 6.10 Å². The van der Waals surface area contributed by atoms with E-state index in [1.807, 2.05) is 12.1 Å². The summed E-state index contributed by atoms with van der Waals surface area (Å²) >= 11 is 6.32. The van der Waals surface area contributed by atoms with Gasteiger partial charge in [-0.15, -0.1) is 0 Å². The van der Waals surface area contributed by atoms with Gasteiger partial charge >= 0.3 is 0 Å². The molecule has 1 N–H and O–H groups in total. The highest BCUT2D eigenvalue weighted by Crippen LogP contribution is 2.20. The quantitative estimate of drug-likeness (QED) is 0.838. The van der Waals surface area contributed by atoms with Crippen molar-refractivity contribution >= 4 is 11.6 Å². The summed E-state index contributed by atoms with van der Waals surface area (Å²) in [5.41, 5.74) is 1.20. The second-order valence-corrected chi connectivity index (χ2v) is 6.07. The summed E-state index contributed by atoms with van der Waals surface area (Å²) in [4.78, 5) is 2.46. The second-order valence-electron chi connectivity index (χ2n) is 5.66. The average Bonchev–Trinajstić information content (AvgIpc) is 2.53. The van der Waals surface area contributed by atoms with E-state index in [0.29, 0.717) is 6.04 Å². The Kier molecular flexibility index (Phi) is 6.97. The number of hydrogen-bond acceptors (Lipinski definition) is 3. The van der Waals surface area contributed by atoms with Crippen LogP contribution in [0.3, 0.4) is 0 Å². The van der Waals surface area contributed by atoms with Crippen LogP contribution in [-0.2, 0) is 11.2 Å². The SMILES string of the molecule is CCCNC(Cc1ccccc1Cl)C1CN(CC)CCO1. The van der Waals surface area contributed by atoms with Crippen LogP contribution in [0.4, 0.5) is 0 Å². The molecule has 0 aromatic heterocycles. The lowest BCUT2D eigenvalue weighted by atomic mass is 9.99. The van der Waals surface area contributed by atoms with E-state index in [2.05, 4.69) is 36.2 Å². The predicted molar refractivity (Wildman–Crippen MR) is 89.1 cm³/mol. The van der Waals surface area contributed by atoms with Crippen molar-refractivity contribution in [2.75, 3.05) is 32.8 Å². The monoisotopic (exact) mass is 310 g/mol. The van der Waals surface area contributed by atoms with Crippen LogP contribution in [-0.4, -0.2) is 49.8 Å². The lowest BCUT2D eigenvalue weighted by Gasteiger charge is -2.37. The number of likely N-dealkylation sites (N-methyl/N-ethyl adjacent to an activating group) is 1. The molecule has 1 aromatic carbocycles. The maximum Gasteiger partial charge on any atom is 0.0858 e. The van der Waals surface area contributed by atoms with Crippen molar-refractivity contribution < 1.29 is 4.74 Å². The molecule has 2 atom stereocenters. The molecular weight excluding hydrogens is 284 g/mol. The molecule has 4 heteroatoms. The molecule has 1 saturated heterocycles. The highest BCUT2D eigenvalue weighted by atomic mass is 35.5. The third-order valence-electron chi connectivity index (χ3n) is 4.13. The van der Waals surface area contributed by atoms with Gasteiger partial charge in [0.05, 0.1) is 12.7 Å². The van der Waals surface area contributed by atoms with Crippen LogP contribution < -0.4 is 5.32 Å². The van der Waals surface area contributed by atoms with Crippen molar-refractivity contribution in [3.63, 3.8) is 0 Å². The number of morpholine rings is 1. The summed E-state index contributed by atoms with van der Waals surface area (Å²) in [6.07, 6.45) is 2.28. The molecule has 0 bridgehead atoms. The minimum Gasteiger partial charge on any atom is -0.374 e. The van der Waals surface area contributed by atoms with E-state index in [1.165, 1.54) is 5.56 Å². The fraction of sp³-hybridized carbons (Fsp3) is 0.647. The van der Waals surface area contributed by atoms with Gasteiger partial charge in [0.1, 0.15) is 0 Å². The molecule has 2 unspecified atom stereocenters. The average molecular weight is 311 g/mol. The molecule has 3 nitrogen and oxygen atoms in total. The molecule has 0 aliphatic carbocycles. The molecule has 118 valence electrons. The number of rotatable bonds is 7. The molecule has 2 rings (SSSR count). The van der Waals surface area contributed by atoms with Crippen LogP contribution in [0.1, 0.15) is 25.8 Å². The van der Waals surface area contributed by atoms with Gasteiger partial charge in [0.2, 0.25) is 0 Å². The van der Waals surface area contributed by atoms with Crippen molar-refractivity contribution in [3.05, 3.63) is 34.9 Å². The molecule has 21 heavy (non-hydrogen) atoms. The molecule has 1 aliphatic rings. The predicted octanol–water partition coefficient (Wildman–Crippen LogP) is 2.97. The number of ether oxygens (including phenoxy) is 1. The van der Waals surface area contributed by atoms with Crippen molar-refractivity contribution in [3.8, 4) is 0 Å². The molecule has 0 amide bonds. The minimum atomic E-state index is 0.238. The Morgan fingerprint density at radius 2 is 2.19 bits per heavy atom. The maximum atomic E-state index is 6.32. The largest absolute Gasteiger partial charge is 0.374 e. The van der Waals surface area contributed by atoms with Gasteiger partial charge in [0.15, 0.2) is 0 Å². The van der Waals surface area contributed by atoms with E-state index in [9.17, 15) is 0 Å². The smallest absolute Gasteiger partial charge is 0.0858 e. The van der Waals surface area contributed by atoms with E-state index in [4.69, 9.17) is 16.3 Å². The van der Waals surface area contributed by atoms with Crippen LogP contribution in [0.15, 0.2) is 24.3 Å². The van der Waals surface area contributed by atoms with E-state index in [0.717, 1.165) is 50.7 Å². The lowest BCUT2D eigenvalue weighted by molar-refractivity contribution is -0.0447. The first-order valence-electron chi connectivity index (χ1n) is 8.05. The molecular formula is C17H27ClN2O. The van der Waals surface area contributed by atoms with Gasteiger partial charge in [-0.25, -0.2) is 0 Å². The Balaban J connectivity index is 2.05. The van der Waals surface area contributed by atoms with Gasteiger partial charge in [-0.3, -0.25) is 4.90 Å². The molecule has 0 spiro atoms. The van der Waals surface area contributed by atoms with Crippen molar-refractivity contribution in [2.24, 2.45) is 0 Å². The second kappa shape index (κ2) is 8.74. The van der Waals surface area contributed by atoms with Crippen molar-refractivity contribution in [2.45, 2.75) is 38.8 Å². The van der Waals surface area contributed by atoms with Gasteiger partial charge in [-0.2, -0.15) is 0 Å². The molecule has 0 radical (unpaired) electrons. The fourth-order valence-corrected chi connectivity index (χ4v) is 3.04. The van der Waals surface area contributed by atoms with E-state index in [1.54, 1.807) is 0 Å². The summed E-state index contributed by atoms with van der Waals surface area (Å²) < 4.78 is 6.03. The van der Waals surface area contributed by atoms with Gasteiger partial charge in [-0.1, -0.05) is 43.6 Å². The van der Waals surface area contributed by atoms with Gasteiger partial charge in [-0.05, 0) is 37.6 Å². The number of benzene rings is 1. The first kappa shape index (κ1) is 16.8. The van der Waals surface area contributed by atoms with Gasteiger partial charge < -0.3 is 10.1 Å². The van der Waals surface area contributed by atoms with E-state index >= 15 is 0 Å². The Morgan fingerprint density at radius 3 is 2.90 bits per heavy atom. The number of halogens is 1. The van der Waals surface area contributed by atoms with Crippen LogP contribution in [0, 0.1) is 0 Å². The highest BCUT2D eigenvalue weighted by molar-refractivity contribution is 6.31.